The van der Waals surface area contributed by atoms with E-state index in [0.717, 1.165) is 5.56 Å². The van der Waals surface area contributed by atoms with Crippen molar-refractivity contribution in [2.75, 3.05) is 0 Å². The van der Waals surface area contributed by atoms with E-state index in [9.17, 15) is 9.90 Å². The molecule has 4 nitrogen and oxygen atoms in total. The number of carboxylic acid groups (broad SMARTS) is 1. The molecule has 0 atom stereocenters. The van der Waals surface area contributed by atoms with Gasteiger partial charge in [0.15, 0.2) is 0 Å². The van der Waals surface area contributed by atoms with Crippen molar-refractivity contribution in [3.63, 3.8) is 0 Å². The van der Waals surface area contributed by atoms with Crippen molar-refractivity contribution < 1.29 is 15.0 Å². The third-order valence-electron chi connectivity index (χ3n) is 3.21. The van der Waals surface area contributed by atoms with Crippen LogP contribution in [0, 0.1) is 0 Å². The van der Waals surface area contributed by atoms with Gasteiger partial charge in [-0.15, -0.1) is 0 Å². The molecule has 0 unspecified atom stereocenters. The first kappa shape index (κ1) is 13.4. The Hall–Kier alpha value is -2.59. The molecule has 0 spiro atoms. The minimum absolute atomic E-state index is 0.0181. The van der Waals surface area contributed by atoms with Crippen LogP contribution in [-0.4, -0.2) is 21.2 Å². The van der Waals surface area contributed by atoms with Crippen molar-refractivity contribution in [1.82, 2.24) is 4.98 Å². The summed E-state index contributed by atoms with van der Waals surface area (Å²) in [6.45, 7) is 0. The van der Waals surface area contributed by atoms with E-state index in [-0.39, 0.29) is 16.3 Å². The lowest BCUT2D eigenvalue weighted by atomic mass is 10.1. The standard InChI is InChI=1S/C16H10ClNO3/c17-15-11-5-6-12(18-13(11)7-8-14(15)19)9-1-3-10(4-2-9)16(20)21/h1-8,19H,(H,20,21). The van der Waals surface area contributed by atoms with E-state index in [1.54, 1.807) is 30.3 Å². The molecule has 104 valence electrons. The summed E-state index contributed by atoms with van der Waals surface area (Å²) in [6.07, 6.45) is 0. The van der Waals surface area contributed by atoms with Crippen LogP contribution in [-0.2, 0) is 0 Å². The first-order chi connectivity index (χ1) is 10.1. The molecular formula is C16H10ClNO3. The van der Waals surface area contributed by atoms with Crippen molar-refractivity contribution in [3.05, 3.63) is 59.1 Å². The number of hydrogen-bond donors (Lipinski definition) is 2. The highest BCUT2D eigenvalue weighted by Gasteiger charge is 2.08. The Morgan fingerprint density at radius 3 is 2.38 bits per heavy atom. The molecule has 0 amide bonds. The SMILES string of the molecule is O=C(O)c1ccc(-c2ccc3c(Cl)c(O)ccc3n2)cc1. The molecule has 0 aliphatic rings. The highest BCUT2D eigenvalue weighted by atomic mass is 35.5. The minimum atomic E-state index is -0.963. The van der Waals surface area contributed by atoms with Gasteiger partial charge in [0, 0.05) is 10.9 Å². The van der Waals surface area contributed by atoms with E-state index in [1.165, 1.54) is 18.2 Å². The molecule has 3 aromatic rings. The van der Waals surface area contributed by atoms with Crippen LogP contribution in [0.2, 0.25) is 5.02 Å². The number of aromatic nitrogens is 1. The first-order valence-corrected chi connectivity index (χ1v) is 6.56. The van der Waals surface area contributed by atoms with Gasteiger partial charge in [-0.25, -0.2) is 9.78 Å². The second-order valence-corrected chi connectivity index (χ2v) is 4.92. The molecule has 2 aromatic carbocycles. The minimum Gasteiger partial charge on any atom is -0.506 e. The lowest BCUT2D eigenvalue weighted by molar-refractivity contribution is 0.0697. The Kier molecular flexibility index (Phi) is 3.23. The second kappa shape index (κ2) is 5.07. The highest BCUT2D eigenvalue weighted by Crippen LogP contribution is 2.32. The van der Waals surface area contributed by atoms with Crippen LogP contribution in [0.1, 0.15) is 10.4 Å². The first-order valence-electron chi connectivity index (χ1n) is 6.18. The number of fused-ring (bicyclic) bond motifs is 1. The van der Waals surface area contributed by atoms with E-state index in [2.05, 4.69) is 4.98 Å². The quantitative estimate of drug-likeness (QED) is 0.751. The molecule has 0 fully saturated rings. The highest BCUT2D eigenvalue weighted by molar-refractivity contribution is 6.36. The number of aromatic carboxylic acids is 1. The van der Waals surface area contributed by atoms with E-state index >= 15 is 0 Å². The summed E-state index contributed by atoms with van der Waals surface area (Å²) in [5.41, 5.74) is 2.41. The molecule has 0 saturated carbocycles. The lowest BCUT2D eigenvalue weighted by Crippen LogP contribution is -1.95. The van der Waals surface area contributed by atoms with Crippen molar-refractivity contribution in [2.24, 2.45) is 0 Å². The number of rotatable bonds is 2. The number of carboxylic acids is 1. The number of nitrogens with zero attached hydrogens (tertiary/aromatic N) is 1. The summed E-state index contributed by atoms with van der Waals surface area (Å²) in [7, 11) is 0. The molecule has 0 saturated heterocycles. The third kappa shape index (κ3) is 2.41. The molecule has 5 heteroatoms. The molecule has 2 N–H and O–H groups in total. The molecule has 3 rings (SSSR count). The van der Waals surface area contributed by atoms with Crippen LogP contribution in [0.25, 0.3) is 22.2 Å². The summed E-state index contributed by atoms with van der Waals surface area (Å²) >= 11 is 6.02. The molecule has 0 aliphatic heterocycles. The number of pyridine rings is 1. The summed E-state index contributed by atoms with van der Waals surface area (Å²) in [4.78, 5) is 15.3. The number of halogens is 1. The van der Waals surface area contributed by atoms with Gasteiger partial charge in [-0.1, -0.05) is 23.7 Å². The van der Waals surface area contributed by atoms with Gasteiger partial charge in [-0.05, 0) is 36.4 Å². The van der Waals surface area contributed by atoms with E-state index in [1.807, 2.05) is 0 Å². The number of benzene rings is 2. The van der Waals surface area contributed by atoms with Crippen LogP contribution in [0.4, 0.5) is 0 Å². The predicted octanol–water partition coefficient (Wildman–Crippen LogP) is 3.96. The molecular weight excluding hydrogens is 290 g/mol. The van der Waals surface area contributed by atoms with Gasteiger partial charge in [0.25, 0.3) is 0 Å². The maximum Gasteiger partial charge on any atom is 0.335 e. The van der Waals surface area contributed by atoms with Crippen molar-refractivity contribution in [2.45, 2.75) is 0 Å². The van der Waals surface area contributed by atoms with Crippen LogP contribution in [0.15, 0.2) is 48.5 Å². The number of hydrogen-bond acceptors (Lipinski definition) is 3. The summed E-state index contributed by atoms with van der Waals surface area (Å²) in [5.74, 6) is -0.945. The summed E-state index contributed by atoms with van der Waals surface area (Å²) < 4.78 is 0. The van der Waals surface area contributed by atoms with Crippen LogP contribution in [0.5, 0.6) is 5.75 Å². The Labute approximate surface area is 125 Å². The molecule has 0 bridgehead atoms. The smallest absolute Gasteiger partial charge is 0.335 e. The number of aromatic hydroxyl groups is 1. The molecule has 1 aromatic heterocycles. The number of phenolic OH excluding ortho intramolecular Hbond substituents is 1. The van der Waals surface area contributed by atoms with Gasteiger partial charge in [-0.2, -0.15) is 0 Å². The average molecular weight is 300 g/mol. The zero-order chi connectivity index (χ0) is 15.0. The zero-order valence-corrected chi connectivity index (χ0v) is 11.5. The molecule has 0 radical (unpaired) electrons. The Balaban J connectivity index is 2.09. The van der Waals surface area contributed by atoms with Gasteiger partial charge in [0.1, 0.15) is 5.75 Å². The third-order valence-corrected chi connectivity index (χ3v) is 3.61. The van der Waals surface area contributed by atoms with Crippen molar-refractivity contribution in [1.29, 1.82) is 0 Å². The maximum absolute atomic E-state index is 10.8. The predicted molar refractivity (Wildman–Crippen MR) is 80.8 cm³/mol. The van der Waals surface area contributed by atoms with Gasteiger partial charge < -0.3 is 10.2 Å². The van der Waals surface area contributed by atoms with E-state index in [0.29, 0.717) is 16.6 Å². The Morgan fingerprint density at radius 1 is 1.00 bits per heavy atom. The second-order valence-electron chi connectivity index (χ2n) is 4.54. The molecule has 1 heterocycles. The monoisotopic (exact) mass is 299 g/mol. The van der Waals surface area contributed by atoms with Crippen LogP contribution >= 0.6 is 11.6 Å². The fourth-order valence-corrected chi connectivity index (χ4v) is 2.32. The molecule has 21 heavy (non-hydrogen) atoms. The topological polar surface area (TPSA) is 70.4 Å². The fraction of sp³-hybridized carbons (Fsp3) is 0. The number of carbonyl (C=O) groups is 1. The zero-order valence-electron chi connectivity index (χ0n) is 10.7. The van der Waals surface area contributed by atoms with Gasteiger partial charge >= 0.3 is 5.97 Å². The average Bonchev–Trinajstić information content (AvgIpc) is 2.51. The largest absolute Gasteiger partial charge is 0.506 e. The van der Waals surface area contributed by atoms with E-state index < -0.39 is 5.97 Å². The van der Waals surface area contributed by atoms with Crippen molar-refractivity contribution in [3.8, 4) is 17.0 Å². The summed E-state index contributed by atoms with van der Waals surface area (Å²) in [6, 6.07) is 13.2. The van der Waals surface area contributed by atoms with Gasteiger partial charge in [-0.3, -0.25) is 0 Å². The maximum atomic E-state index is 10.8. The van der Waals surface area contributed by atoms with Crippen LogP contribution in [0.3, 0.4) is 0 Å². The van der Waals surface area contributed by atoms with Gasteiger partial charge in [0.2, 0.25) is 0 Å². The van der Waals surface area contributed by atoms with Gasteiger partial charge in [0.05, 0.1) is 21.8 Å². The van der Waals surface area contributed by atoms with Crippen LogP contribution < -0.4 is 0 Å². The normalized spacial score (nSPS) is 10.7. The Bertz CT molecular complexity index is 844. The fourth-order valence-electron chi connectivity index (χ4n) is 2.10. The van der Waals surface area contributed by atoms with Crippen molar-refractivity contribution >= 4 is 28.5 Å². The number of phenols is 1. The lowest BCUT2D eigenvalue weighted by Gasteiger charge is -2.06. The molecule has 0 aliphatic carbocycles. The van der Waals surface area contributed by atoms with E-state index in [4.69, 9.17) is 16.7 Å². The summed E-state index contributed by atoms with van der Waals surface area (Å²) in [5, 5.41) is 19.4. The Morgan fingerprint density at radius 2 is 1.71 bits per heavy atom.